The summed E-state index contributed by atoms with van der Waals surface area (Å²) < 4.78 is 2.39. The minimum atomic E-state index is -0.262. The van der Waals surface area contributed by atoms with Crippen LogP contribution >= 0.6 is 9.24 Å². The topological polar surface area (TPSA) is 8.17 Å². The first-order valence-electron chi connectivity index (χ1n) is 20.4. The second-order valence-electron chi connectivity index (χ2n) is 16.0. The van der Waals surface area contributed by atoms with Gasteiger partial charge in [0.15, 0.2) is 0 Å². The van der Waals surface area contributed by atoms with Crippen molar-refractivity contribution in [3.8, 4) is 27.9 Å². The number of hydrogen-bond donors (Lipinski definition) is 0. The van der Waals surface area contributed by atoms with E-state index < -0.39 is 0 Å². The van der Waals surface area contributed by atoms with Crippen molar-refractivity contribution in [1.82, 2.24) is 4.57 Å². The number of anilines is 3. The fraction of sp³-hybridized carbons (Fsp3) is 0.0357. The molecule has 1 heterocycles. The molecule has 12 rings (SSSR count). The fourth-order valence-corrected chi connectivity index (χ4v) is 10.5. The zero-order valence-corrected chi connectivity index (χ0v) is 33.8. The van der Waals surface area contributed by atoms with Crippen LogP contribution < -0.4 is 10.2 Å². The summed E-state index contributed by atoms with van der Waals surface area (Å²) in [6.45, 7) is 2.17. The van der Waals surface area contributed by atoms with Crippen molar-refractivity contribution < 1.29 is 0 Å². The predicted octanol–water partition coefficient (Wildman–Crippen LogP) is 14.0. The number of hydrogen-bond acceptors (Lipinski definition) is 1. The van der Waals surface area contributed by atoms with E-state index in [9.17, 15) is 0 Å². The van der Waals surface area contributed by atoms with Crippen LogP contribution in [0.1, 0.15) is 27.8 Å². The standard InChI is InChI=1S/C56H39N2P/c1-36-20-30-53-49(33-36)47-15-6-8-19-52(47)58(53)42-27-25-41(26-28-42)57(43-29-31-54(59)48(35-43)37-11-3-2-4-12-37)40-23-21-38(22-24-40)44-16-9-13-39-34-51-46-17-10-32-56(51,55(39)44)50-18-7-5-14-45(46)50/h2-35H,59H2,1H3. The fourth-order valence-electron chi connectivity index (χ4n) is 10.2. The first-order valence-corrected chi connectivity index (χ1v) is 21.0. The van der Waals surface area contributed by atoms with Gasteiger partial charge in [0, 0.05) is 33.5 Å². The zero-order chi connectivity index (χ0) is 39.2. The highest BCUT2D eigenvalue weighted by molar-refractivity contribution is 7.28. The molecule has 0 N–H and O–H groups in total. The van der Waals surface area contributed by atoms with E-state index in [1.165, 1.54) is 88.3 Å². The van der Waals surface area contributed by atoms with E-state index in [0.717, 1.165) is 22.7 Å². The zero-order valence-electron chi connectivity index (χ0n) is 32.6. The Kier molecular flexibility index (Phi) is 7.52. The average Bonchev–Trinajstić information content (AvgIpc) is 3.85. The Morgan fingerprint density at radius 3 is 2.08 bits per heavy atom. The molecule has 278 valence electrons. The number of rotatable bonds is 6. The largest absolute Gasteiger partial charge is 0.310 e. The number of allylic oxidation sites excluding steroid dienone is 5. The molecule has 0 spiro atoms. The Labute approximate surface area is 346 Å². The van der Waals surface area contributed by atoms with Gasteiger partial charge < -0.3 is 9.47 Å². The number of nitrogens with zero attached hydrogens (tertiary/aromatic N) is 2. The van der Waals surface area contributed by atoms with Gasteiger partial charge in [0.25, 0.3) is 0 Å². The van der Waals surface area contributed by atoms with Gasteiger partial charge in [0.05, 0.1) is 16.4 Å². The van der Waals surface area contributed by atoms with Gasteiger partial charge in [0.1, 0.15) is 0 Å². The summed E-state index contributed by atoms with van der Waals surface area (Å²) in [4.78, 5) is 2.39. The lowest BCUT2D eigenvalue weighted by Gasteiger charge is -2.30. The molecule has 2 nitrogen and oxygen atoms in total. The van der Waals surface area contributed by atoms with Crippen molar-refractivity contribution in [2.75, 3.05) is 4.90 Å². The average molecular weight is 771 g/mol. The molecule has 0 aliphatic heterocycles. The molecule has 2 atom stereocenters. The molecule has 0 amide bonds. The summed E-state index contributed by atoms with van der Waals surface area (Å²) in [6, 6.07) is 67.0. The van der Waals surface area contributed by atoms with E-state index in [2.05, 4.69) is 232 Å². The van der Waals surface area contributed by atoms with Crippen LogP contribution in [-0.4, -0.2) is 4.57 Å². The molecule has 3 aliphatic carbocycles. The number of fused-ring (bicyclic) bond motifs is 6. The number of para-hydroxylation sites is 1. The summed E-state index contributed by atoms with van der Waals surface area (Å²) in [5.74, 6) is 0. The predicted molar refractivity (Wildman–Crippen MR) is 253 cm³/mol. The molecule has 0 radical (unpaired) electrons. The molecule has 9 aromatic rings. The van der Waals surface area contributed by atoms with E-state index in [1.54, 1.807) is 0 Å². The minimum Gasteiger partial charge on any atom is -0.310 e. The minimum absolute atomic E-state index is 0.262. The SMILES string of the molecule is Cc1ccc2c(c1)c1ccccc1n2-c1ccc(N(c2ccc(-c3cccc4c3C35C=CC=C(C3=C4)c3ccccc35)cc2)c2ccc(P)c(-c3ccccc3)c2)cc1. The highest BCUT2D eigenvalue weighted by Crippen LogP contribution is 2.62. The van der Waals surface area contributed by atoms with Crippen molar-refractivity contribution in [3.63, 3.8) is 0 Å². The van der Waals surface area contributed by atoms with Gasteiger partial charge in [0.2, 0.25) is 0 Å². The van der Waals surface area contributed by atoms with Crippen molar-refractivity contribution in [2.24, 2.45) is 0 Å². The molecule has 0 saturated carbocycles. The van der Waals surface area contributed by atoms with Gasteiger partial charge in [-0.05, 0) is 141 Å². The second-order valence-corrected chi connectivity index (χ2v) is 16.7. The molecule has 59 heavy (non-hydrogen) atoms. The Balaban J connectivity index is 0.986. The normalized spacial score (nSPS) is 15.8. The van der Waals surface area contributed by atoms with Crippen molar-refractivity contribution in [3.05, 3.63) is 234 Å². The van der Waals surface area contributed by atoms with Crippen LogP contribution in [0.25, 0.3) is 61.4 Å². The van der Waals surface area contributed by atoms with Gasteiger partial charge in [-0.25, -0.2) is 0 Å². The second kappa shape index (κ2) is 13.0. The van der Waals surface area contributed by atoms with E-state index in [0.29, 0.717) is 0 Å². The molecule has 2 unspecified atom stereocenters. The monoisotopic (exact) mass is 770 g/mol. The van der Waals surface area contributed by atoms with Crippen LogP contribution in [-0.2, 0) is 5.41 Å². The highest BCUT2D eigenvalue weighted by atomic mass is 31.0. The molecular formula is C56H39N2P. The van der Waals surface area contributed by atoms with Gasteiger partial charge >= 0.3 is 0 Å². The van der Waals surface area contributed by atoms with E-state index >= 15 is 0 Å². The van der Waals surface area contributed by atoms with Crippen LogP contribution in [0.3, 0.4) is 0 Å². The van der Waals surface area contributed by atoms with Crippen LogP contribution in [0, 0.1) is 6.92 Å². The number of aryl methyl sites for hydroxylation is 1. The van der Waals surface area contributed by atoms with E-state index in [4.69, 9.17) is 0 Å². The smallest absolute Gasteiger partial charge is 0.0659 e. The Bertz CT molecular complexity index is 3270. The van der Waals surface area contributed by atoms with Crippen LogP contribution in [0.15, 0.2) is 206 Å². The van der Waals surface area contributed by atoms with Crippen LogP contribution in [0.5, 0.6) is 0 Å². The van der Waals surface area contributed by atoms with Gasteiger partial charge in [-0.1, -0.05) is 139 Å². The van der Waals surface area contributed by atoms with Gasteiger partial charge in [-0.3, -0.25) is 0 Å². The molecule has 0 saturated heterocycles. The van der Waals surface area contributed by atoms with Crippen molar-refractivity contribution in [1.29, 1.82) is 0 Å². The Hall–Kier alpha value is -6.99. The van der Waals surface area contributed by atoms with Crippen LogP contribution in [0.2, 0.25) is 0 Å². The van der Waals surface area contributed by atoms with Gasteiger partial charge in [-0.15, -0.1) is 9.24 Å². The van der Waals surface area contributed by atoms with Crippen molar-refractivity contribution in [2.45, 2.75) is 12.3 Å². The Morgan fingerprint density at radius 1 is 0.542 bits per heavy atom. The quantitative estimate of drug-likeness (QED) is 0.153. The number of aromatic nitrogens is 1. The van der Waals surface area contributed by atoms with Gasteiger partial charge in [-0.2, -0.15) is 0 Å². The maximum absolute atomic E-state index is 2.95. The number of benzene rings is 8. The maximum Gasteiger partial charge on any atom is 0.0659 e. The summed E-state index contributed by atoms with van der Waals surface area (Å²) in [5.41, 5.74) is 20.9. The first-order chi connectivity index (χ1) is 29.1. The maximum atomic E-state index is 2.95. The van der Waals surface area contributed by atoms with Crippen LogP contribution in [0.4, 0.5) is 17.1 Å². The first kappa shape index (κ1) is 34.1. The third-order valence-electron chi connectivity index (χ3n) is 12.8. The lowest BCUT2D eigenvalue weighted by Crippen LogP contribution is -2.23. The molecule has 3 aliphatic rings. The summed E-state index contributed by atoms with van der Waals surface area (Å²) >= 11 is 0. The van der Waals surface area contributed by atoms with E-state index in [1.807, 2.05) is 0 Å². The molecule has 8 aromatic carbocycles. The molecular weight excluding hydrogens is 732 g/mol. The van der Waals surface area contributed by atoms with Crippen molar-refractivity contribution >= 4 is 65.1 Å². The lowest BCUT2D eigenvalue weighted by molar-refractivity contribution is 0.824. The lowest BCUT2D eigenvalue weighted by atomic mass is 9.71. The Morgan fingerprint density at radius 2 is 1.24 bits per heavy atom. The summed E-state index contributed by atoms with van der Waals surface area (Å²) in [7, 11) is 2.95. The highest BCUT2D eigenvalue weighted by Gasteiger charge is 2.51. The third-order valence-corrected chi connectivity index (χ3v) is 13.3. The molecule has 3 heteroatoms. The molecule has 2 bridgehead atoms. The molecule has 0 fully saturated rings. The molecule has 1 aromatic heterocycles. The third kappa shape index (κ3) is 5.03. The summed E-state index contributed by atoms with van der Waals surface area (Å²) in [6.07, 6.45) is 9.39. The van der Waals surface area contributed by atoms with E-state index in [-0.39, 0.29) is 5.41 Å². The summed E-state index contributed by atoms with van der Waals surface area (Å²) in [5, 5.41) is 3.72.